The van der Waals surface area contributed by atoms with Crippen molar-refractivity contribution in [3.63, 3.8) is 0 Å². The first kappa shape index (κ1) is 17.5. The van der Waals surface area contributed by atoms with E-state index in [9.17, 15) is 9.18 Å². The van der Waals surface area contributed by atoms with Gasteiger partial charge in [-0.3, -0.25) is 9.78 Å². The number of nitrogens with zero attached hydrogens (tertiary/aromatic N) is 2. The Kier molecular flexibility index (Phi) is 4.52. The second-order valence-electron chi connectivity index (χ2n) is 7.13. The molecule has 3 aromatic rings. The fraction of sp³-hybridized carbons (Fsp3) is 0.273. The Hall–Kier alpha value is -2.95. The predicted molar refractivity (Wildman–Crippen MR) is 106 cm³/mol. The molecule has 0 radical (unpaired) electrons. The van der Waals surface area contributed by atoms with Crippen LogP contribution in [-0.4, -0.2) is 28.9 Å². The lowest BCUT2D eigenvalue weighted by atomic mass is 10.1. The zero-order valence-corrected chi connectivity index (χ0v) is 15.6. The fourth-order valence-corrected chi connectivity index (χ4v) is 3.52. The molecule has 0 unspecified atom stereocenters. The lowest BCUT2D eigenvalue weighted by Crippen LogP contribution is -2.28. The van der Waals surface area contributed by atoms with Gasteiger partial charge in [-0.25, -0.2) is 4.39 Å². The van der Waals surface area contributed by atoms with Gasteiger partial charge >= 0.3 is 0 Å². The van der Waals surface area contributed by atoms with E-state index >= 15 is 0 Å². The van der Waals surface area contributed by atoms with Crippen molar-refractivity contribution in [1.82, 2.24) is 9.88 Å². The van der Waals surface area contributed by atoms with E-state index < -0.39 is 0 Å². The van der Waals surface area contributed by atoms with Gasteiger partial charge in [0.1, 0.15) is 5.82 Å². The van der Waals surface area contributed by atoms with E-state index in [-0.39, 0.29) is 11.7 Å². The molecule has 1 aromatic heterocycles. The summed E-state index contributed by atoms with van der Waals surface area (Å²) in [7, 11) is 0. The molecule has 2 aromatic carbocycles. The number of hydrogen-bond acceptors (Lipinski definition) is 3. The Labute approximate surface area is 158 Å². The number of aryl methyl sites for hydroxylation is 2. The summed E-state index contributed by atoms with van der Waals surface area (Å²) in [6.45, 7) is 5.60. The highest BCUT2D eigenvalue weighted by Gasteiger charge is 2.24. The Bertz CT molecular complexity index is 1030. The van der Waals surface area contributed by atoms with E-state index in [1.165, 1.54) is 17.7 Å². The number of pyridine rings is 1. The summed E-state index contributed by atoms with van der Waals surface area (Å²) in [6.07, 6.45) is 3.63. The van der Waals surface area contributed by atoms with E-state index in [1.807, 2.05) is 30.0 Å². The Balaban J connectivity index is 1.85. The molecule has 1 N–H and O–H groups in total. The Morgan fingerprint density at radius 3 is 2.59 bits per heavy atom. The number of benzene rings is 2. The van der Waals surface area contributed by atoms with Crippen LogP contribution in [-0.2, 0) is 0 Å². The van der Waals surface area contributed by atoms with E-state index in [4.69, 9.17) is 0 Å². The van der Waals surface area contributed by atoms with Gasteiger partial charge in [-0.05, 0) is 68.1 Å². The summed E-state index contributed by atoms with van der Waals surface area (Å²) in [5.74, 6) is -0.407. The van der Waals surface area contributed by atoms with Crippen molar-refractivity contribution in [3.05, 3.63) is 65.1 Å². The summed E-state index contributed by atoms with van der Waals surface area (Å²) >= 11 is 0. The van der Waals surface area contributed by atoms with Crippen molar-refractivity contribution < 1.29 is 9.18 Å². The third-order valence-electron chi connectivity index (χ3n) is 5.23. The van der Waals surface area contributed by atoms with Gasteiger partial charge in [0.2, 0.25) is 0 Å². The summed E-state index contributed by atoms with van der Waals surface area (Å²) in [5, 5.41) is 3.97. The first-order chi connectivity index (χ1) is 13.0. The molecular formula is C22H22FN3O. The molecule has 1 saturated heterocycles. The zero-order valence-electron chi connectivity index (χ0n) is 15.6. The van der Waals surface area contributed by atoms with Crippen LogP contribution in [0.3, 0.4) is 0 Å². The molecule has 0 atom stereocenters. The number of carbonyl (C=O) groups excluding carboxylic acids is 1. The summed E-state index contributed by atoms with van der Waals surface area (Å²) < 4.78 is 14.0. The second-order valence-corrected chi connectivity index (χ2v) is 7.13. The van der Waals surface area contributed by atoms with Crippen LogP contribution < -0.4 is 5.32 Å². The number of halogens is 1. The molecule has 27 heavy (non-hydrogen) atoms. The molecule has 5 heteroatoms. The maximum absolute atomic E-state index is 14.0. The lowest BCUT2D eigenvalue weighted by molar-refractivity contribution is 0.0793. The van der Waals surface area contributed by atoms with Gasteiger partial charge in [-0.2, -0.15) is 0 Å². The lowest BCUT2D eigenvalue weighted by Gasteiger charge is -2.20. The minimum atomic E-state index is -0.349. The van der Waals surface area contributed by atoms with Gasteiger partial charge in [-0.1, -0.05) is 6.07 Å². The van der Waals surface area contributed by atoms with Gasteiger partial charge < -0.3 is 10.2 Å². The molecule has 1 fully saturated rings. The van der Waals surface area contributed by atoms with E-state index in [0.717, 1.165) is 37.2 Å². The maximum Gasteiger partial charge on any atom is 0.257 e. The number of anilines is 2. The third-order valence-corrected chi connectivity index (χ3v) is 5.23. The van der Waals surface area contributed by atoms with Crippen LogP contribution in [0.5, 0.6) is 0 Å². The van der Waals surface area contributed by atoms with Gasteiger partial charge in [0, 0.05) is 30.4 Å². The SMILES string of the molecule is Cc1ccc(Nc2c(C(=O)N3CCCC3)cnc3ccc(F)cc23)cc1C. The van der Waals surface area contributed by atoms with Gasteiger partial charge in [-0.15, -0.1) is 0 Å². The van der Waals surface area contributed by atoms with Crippen molar-refractivity contribution in [1.29, 1.82) is 0 Å². The molecule has 1 aliphatic rings. The van der Waals surface area contributed by atoms with Crippen LogP contribution in [0, 0.1) is 19.7 Å². The topological polar surface area (TPSA) is 45.2 Å². The molecule has 1 amide bonds. The fourth-order valence-electron chi connectivity index (χ4n) is 3.52. The van der Waals surface area contributed by atoms with E-state index in [1.54, 1.807) is 12.3 Å². The zero-order chi connectivity index (χ0) is 19.0. The van der Waals surface area contributed by atoms with E-state index in [2.05, 4.69) is 17.2 Å². The van der Waals surface area contributed by atoms with Crippen LogP contribution in [0.4, 0.5) is 15.8 Å². The normalized spacial score (nSPS) is 14.0. The number of carbonyl (C=O) groups is 1. The standard InChI is InChI=1S/C22H22FN3O/c1-14-5-7-17(11-15(14)2)25-21-18-12-16(23)6-8-20(18)24-13-19(21)22(27)26-9-3-4-10-26/h5-8,11-13H,3-4,9-10H2,1-2H3,(H,24,25). The van der Waals surface area contributed by atoms with Crippen LogP contribution in [0.25, 0.3) is 10.9 Å². The summed E-state index contributed by atoms with van der Waals surface area (Å²) in [6, 6.07) is 10.5. The average Bonchev–Trinajstić information content (AvgIpc) is 3.19. The molecule has 4 rings (SSSR count). The van der Waals surface area contributed by atoms with Gasteiger partial charge in [0.15, 0.2) is 0 Å². The van der Waals surface area contributed by atoms with Crippen molar-refractivity contribution in [2.45, 2.75) is 26.7 Å². The molecular weight excluding hydrogens is 341 g/mol. The van der Waals surface area contributed by atoms with Crippen LogP contribution in [0.1, 0.15) is 34.3 Å². The number of nitrogens with one attached hydrogen (secondary N) is 1. The van der Waals surface area contributed by atoms with E-state index in [0.29, 0.717) is 22.2 Å². The highest BCUT2D eigenvalue weighted by atomic mass is 19.1. The molecule has 0 aliphatic carbocycles. The monoisotopic (exact) mass is 363 g/mol. The minimum Gasteiger partial charge on any atom is -0.354 e. The average molecular weight is 363 g/mol. The Morgan fingerprint density at radius 2 is 1.85 bits per heavy atom. The summed E-state index contributed by atoms with van der Waals surface area (Å²) in [5.41, 5.74) is 4.95. The van der Waals surface area contributed by atoms with Gasteiger partial charge in [0.25, 0.3) is 5.91 Å². The highest BCUT2D eigenvalue weighted by molar-refractivity contribution is 6.08. The first-order valence-corrected chi connectivity index (χ1v) is 9.25. The van der Waals surface area contributed by atoms with Crippen LogP contribution >= 0.6 is 0 Å². The minimum absolute atomic E-state index is 0.0579. The molecule has 1 aliphatic heterocycles. The number of hydrogen-bond donors (Lipinski definition) is 1. The van der Waals surface area contributed by atoms with Crippen LogP contribution in [0.15, 0.2) is 42.6 Å². The van der Waals surface area contributed by atoms with Crippen molar-refractivity contribution in [2.24, 2.45) is 0 Å². The molecule has 2 heterocycles. The highest BCUT2D eigenvalue weighted by Crippen LogP contribution is 2.31. The van der Waals surface area contributed by atoms with Gasteiger partial charge in [0.05, 0.1) is 16.8 Å². The molecule has 0 spiro atoms. The number of amides is 1. The number of rotatable bonds is 3. The van der Waals surface area contributed by atoms with Crippen LogP contribution in [0.2, 0.25) is 0 Å². The second kappa shape index (κ2) is 6.99. The summed E-state index contributed by atoms with van der Waals surface area (Å²) in [4.78, 5) is 19.3. The number of fused-ring (bicyclic) bond motifs is 1. The smallest absolute Gasteiger partial charge is 0.257 e. The Morgan fingerprint density at radius 1 is 1.07 bits per heavy atom. The quantitative estimate of drug-likeness (QED) is 0.714. The van der Waals surface area contributed by atoms with Crippen molar-refractivity contribution in [2.75, 3.05) is 18.4 Å². The third kappa shape index (κ3) is 3.37. The molecule has 0 saturated carbocycles. The first-order valence-electron chi connectivity index (χ1n) is 9.25. The maximum atomic E-state index is 14.0. The molecule has 0 bridgehead atoms. The molecule has 138 valence electrons. The predicted octanol–water partition coefficient (Wildman–Crippen LogP) is 4.97. The molecule has 4 nitrogen and oxygen atoms in total. The largest absolute Gasteiger partial charge is 0.354 e. The van der Waals surface area contributed by atoms with Crippen molar-refractivity contribution in [3.8, 4) is 0 Å². The van der Waals surface area contributed by atoms with Crippen molar-refractivity contribution >= 4 is 28.2 Å². The number of aromatic nitrogens is 1. The number of likely N-dealkylation sites (tertiary alicyclic amines) is 1.